The fourth-order valence-electron chi connectivity index (χ4n) is 5.23. The lowest BCUT2D eigenvalue weighted by Gasteiger charge is -2.45. The summed E-state index contributed by atoms with van der Waals surface area (Å²) in [5.74, 6) is 0.403. The van der Waals surface area contributed by atoms with Crippen molar-refractivity contribution in [1.82, 2.24) is 4.98 Å². The molecule has 1 aromatic carbocycles. The number of fused-ring (bicyclic) bond motifs is 5. The van der Waals surface area contributed by atoms with Gasteiger partial charge in [-0.15, -0.1) is 6.58 Å². The predicted molar refractivity (Wildman–Crippen MR) is 96.9 cm³/mol. The maximum Gasteiger partial charge on any atom is 0.241 e. The number of benzene rings is 1. The van der Waals surface area contributed by atoms with Gasteiger partial charge in [0.1, 0.15) is 0 Å². The van der Waals surface area contributed by atoms with Gasteiger partial charge in [-0.1, -0.05) is 38.1 Å². The minimum atomic E-state index is -0.570. The van der Waals surface area contributed by atoms with Gasteiger partial charge in [-0.2, -0.15) is 0 Å². The monoisotopic (exact) mass is 320 g/mol. The van der Waals surface area contributed by atoms with Gasteiger partial charge in [0.25, 0.3) is 0 Å². The van der Waals surface area contributed by atoms with E-state index in [0.717, 1.165) is 5.52 Å². The lowest BCUT2D eigenvalue weighted by molar-refractivity contribution is -0.0157. The summed E-state index contributed by atoms with van der Waals surface area (Å²) in [6, 6.07) is 8.08. The molecule has 5 atom stereocenters. The summed E-state index contributed by atoms with van der Waals surface area (Å²) < 4.78 is 0. The second-order valence-corrected chi connectivity index (χ2v) is 8.21. The number of hydrogen-bond donors (Lipinski definition) is 2. The van der Waals surface area contributed by atoms with Crippen molar-refractivity contribution in [3.8, 4) is 0 Å². The SMILES string of the molecule is [C-]#[N+][C@@H]1[C@@H]2c3c([nH]c4ccccc34)C(C)(C)[C@H]2C[C@@H](O)[C@@]1(C)C=C. The lowest BCUT2D eigenvalue weighted by Crippen LogP contribution is -2.51. The van der Waals surface area contributed by atoms with Gasteiger partial charge in [0, 0.05) is 22.0 Å². The van der Waals surface area contributed by atoms with Crippen LogP contribution in [0.2, 0.25) is 0 Å². The Hall–Kier alpha value is -2.05. The van der Waals surface area contributed by atoms with Crippen LogP contribution in [0.4, 0.5) is 0 Å². The Morgan fingerprint density at radius 2 is 2.04 bits per heavy atom. The van der Waals surface area contributed by atoms with E-state index in [1.165, 1.54) is 16.6 Å². The molecule has 0 bridgehead atoms. The first-order chi connectivity index (χ1) is 11.4. The summed E-state index contributed by atoms with van der Waals surface area (Å²) in [5, 5.41) is 12.0. The van der Waals surface area contributed by atoms with Crippen LogP contribution in [0.15, 0.2) is 36.9 Å². The van der Waals surface area contributed by atoms with Crippen LogP contribution in [0.5, 0.6) is 0 Å². The quantitative estimate of drug-likeness (QED) is 0.593. The molecule has 3 heteroatoms. The van der Waals surface area contributed by atoms with Gasteiger partial charge in [0.15, 0.2) is 0 Å². The minimum Gasteiger partial charge on any atom is -0.392 e. The van der Waals surface area contributed by atoms with Crippen molar-refractivity contribution >= 4 is 10.9 Å². The molecule has 2 aliphatic carbocycles. The van der Waals surface area contributed by atoms with Gasteiger partial charge in [0.2, 0.25) is 6.04 Å². The fourth-order valence-corrected chi connectivity index (χ4v) is 5.23. The van der Waals surface area contributed by atoms with Crippen molar-refractivity contribution in [2.24, 2.45) is 11.3 Å². The lowest BCUT2D eigenvalue weighted by atomic mass is 9.58. The zero-order chi connectivity index (χ0) is 17.3. The van der Waals surface area contributed by atoms with E-state index in [1.54, 1.807) is 6.08 Å². The third-order valence-corrected chi connectivity index (χ3v) is 6.84. The number of aromatic amines is 1. The molecule has 3 nitrogen and oxygen atoms in total. The van der Waals surface area contributed by atoms with Crippen LogP contribution in [0.25, 0.3) is 15.7 Å². The third-order valence-electron chi connectivity index (χ3n) is 6.84. The highest BCUT2D eigenvalue weighted by Crippen LogP contribution is 2.62. The van der Waals surface area contributed by atoms with Gasteiger partial charge < -0.3 is 14.9 Å². The van der Waals surface area contributed by atoms with Crippen LogP contribution >= 0.6 is 0 Å². The van der Waals surface area contributed by atoms with Crippen molar-refractivity contribution in [2.45, 2.75) is 50.7 Å². The number of aromatic nitrogens is 1. The molecule has 2 aliphatic rings. The van der Waals surface area contributed by atoms with Crippen molar-refractivity contribution in [3.63, 3.8) is 0 Å². The highest BCUT2D eigenvalue weighted by atomic mass is 16.3. The summed E-state index contributed by atoms with van der Waals surface area (Å²) in [7, 11) is 0. The van der Waals surface area contributed by atoms with Crippen LogP contribution in [-0.2, 0) is 5.41 Å². The molecule has 4 rings (SSSR count). The Balaban J connectivity index is 2.01. The van der Waals surface area contributed by atoms with Gasteiger partial charge in [-0.25, -0.2) is 6.57 Å². The van der Waals surface area contributed by atoms with Gasteiger partial charge >= 0.3 is 0 Å². The summed E-state index contributed by atoms with van der Waals surface area (Å²) in [4.78, 5) is 7.64. The molecule has 1 heterocycles. The Bertz CT molecular complexity index is 872. The van der Waals surface area contributed by atoms with E-state index in [1.807, 2.05) is 13.0 Å². The van der Waals surface area contributed by atoms with E-state index in [2.05, 4.69) is 48.5 Å². The van der Waals surface area contributed by atoms with E-state index < -0.39 is 11.5 Å². The minimum absolute atomic E-state index is 0.0779. The molecule has 1 saturated carbocycles. The van der Waals surface area contributed by atoms with E-state index in [-0.39, 0.29) is 23.3 Å². The average Bonchev–Trinajstić information content (AvgIpc) is 3.04. The second kappa shape index (κ2) is 4.74. The Labute approximate surface area is 143 Å². The number of nitrogens with one attached hydrogen (secondary N) is 1. The van der Waals surface area contributed by atoms with Crippen LogP contribution in [0.3, 0.4) is 0 Å². The molecule has 24 heavy (non-hydrogen) atoms. The topological polar surface area (TPSA) is 40.4 Å². The molecule has 0 radical (unpaired) electrons. The Morgan fingerprint density at radius 3 is 2.71 bits per heavy atom. The maximum atomic E-state index is 10.8. The number of rotatable bonds is 1. The van der Waals surface area contributed by atoms with E-state index in [4.69, 9.17) is 6.57 Å². The molecule has 0 spiro atoms. The van der Waals surface area contributed by atoms with E-state index in [0.29, 0.717) is 6.42 Å². The van der Waals surface area contributed by atoms with E-state index >= 15 is 0 Å². The standard InChI is InChI=1S/C21H24N2O/c1-6-21(4)15(24)11-13-17(19(21)22-5)16-12-9-7-8-10-14(12)23-18(16)20(13,2)3/h6-10,13,15,17,19,23-24H,1,11H2,2-4H3/t13-,15+,17-,19+,21+/m0/s1. The number of aliphatic hydroxyl groups is 1. The normalized spacial score (nSPS) is 36.8. The predicted octanol–water partition coefficient (Wildman–Crippen LogP) is 4.40. The van der Waals surface area contributed by atoms with Gasteiger partial charge in [-0.05, 0) is 30.9 Å². The molecule has 0 aliphatic heterocycles. The summed E-state index contributed by atoms with van der Waals surface area (Å²) in [6.07, 6.45) is 1.99. The molecule has 1 aromatic heterocycles. The summed E-state index contributed by atoms with van der Waals surface area (Å²) in [5.41, 5.74) is 3.03. The zero-order valence-corrected chi connectivity index (χ0v) is 14.5. The summed E-state index contributed by atoms with van der Waals surface area (Å²) in [6.45, 7) is 18.3. The van der Waals surface area contributed by atoms with Crippen molar-refractivity contribution in [3.05, 3.63) is 59.6 Å². The molecule has 124 valence electrons. The Morgan fingerprint density at radius 1 is 1.33 bits per heavy atom. The number of aliphatic hydroxyl groups excluding tert-OH is 1. The average molecular weight is 320 g/mol. The molecule has 0 saturated heterocycles. The molecule has 2 aromatic rings. The smallest absolute Gasteiger partial charge is 0.241 e. The zero-order valence-electron chi connectivity index (χ0n) is 14.5. The molecular formula is C21H24N2O. The number of hydrogen-bond acceptors (Lipinski definition) is 1. The first kappa shape index (κ1) is 15.5. The first-order valence-electron chi connectivity index (χ1n) is 8.65. The van der Waals surface area contributed by atoms with Crippen molar-refractivity contribution in [2.75, 3.05) is 0 Å². The fraction of sp³-hybridized carbons (Fsp3) is 0.476. The van der Waals surface area contributed by atoms with Crippen LogP contribution in [-0.4, -0.2) is 22.2 Å². The maximum absolute atomic E-state index is 10.8. The van der Waals surface area contributed by atoms with Gasteiger partial charge in [-0.3, -0.25) is 0 Å². The largest absolute Gasteiger partial charge is 0.392 e. The van der Waals surface area contributed by atoms with E-state index in [9.17, 15) is 5.11 Å². The van der Waals surface area contributed by atoms with Gasteiger partial charge in [0.05, 0.1) is 17.4 Å². The molecular weight excluding hydrogens is 296 g/mol. The molecule has 2 N–H and O–H groups in total. The van der Waals surface area contributed by atoms with Crippen LogP contribution < -0.4 is 0 Å². The summed E-state index contributed by atoms with van der Waals surface area (Å²) >= 11 is 0. The van der Waals surface area contributed by atoms with Crippen LogP contribution in [0.1, 0.15) is 44.4 Å². The third kappa shape index (κ3) is 1.65. The molecule has 0 amide bonds. The van der Waals surface area contributed by atoms with Crippen molar-refractivity contribution in [1.29, 1.82) is 0 Å². The molecule has 1 fully saturated rings. The number of nitrogens with zero attached hydrogens (tertiary/aromatic N) is 1. The number of para-hydroxylation sites is 1. The van der Waals surface area contributed by atoms with Crippen LogP contribution in [0, 0.1) is 17.9 Å². The highest BCUT2D eigenvalue weighted by Gasteiger charge is 2.63. The van der Waals surface area contributed by atoms with Crippen molar-refractivity contribution < 1.29 is 5.11 Å². The second-order valence-electron chi connectivity index (χ2n) is 8.21. The molecule has 0 unspecified atom stereocenters. The number of H-pyrrole nitrogens is 1. The highest BCUT2D eigenvalue weighted by molar-refractivity contribution is 5.87. The first-order valence-corrected chi connectivity index (χ1v) is 8.65. The Kier molecular flexibility index (Phi) is 3.06.